The normalized spacial score (nSPS) is 29.1. The molecule has 2 heterocycles. The van der Waals surface area contributed by atoms with E-state index in [2.05, 4.69) is 5.32 Å². The molecule has 170 valence electrons. The topological polar surface area (TPSA) is 105 Å². The second-order valence-electron chi connectivity index (χ2n) is 9.17. The van der Waals surface area contributed by atoms with Crippen molar-refractivity contribution in [1.29, 1.82) is 0 Å². The number of epoxide rings is 1. The average molecular weight is 432 g/mol. The Hall–Kier alpha value is -2.51. The number of esters is 1. The second-order valence-corrected chi connectivity index (χ2v) is 9.17. The third kappa shape index (κ3) is 5.60. The molecule has 0 aromatic rings. The quantitative estimate of drug-likeness (QED) is 0.153. The first-order valence-corrected chi connectivity index (χ1v) is 10.4. The first kappa shape index (κ1) is 24.8. The van der Waals surface area contributed by atoms with E-state index in [1.54, 1.807) is 32.1 Å². The van der Waals surface area contributed by atoms with Gasteiger partial charge in [-0.05, 0) is 73.0 Å². The molecule has 0 aromatic heterocycles. The smallest absolute Gasteiger partial charge is 0.338 e. The molecule has 7 heteroatoms. The molecule has 31 heavy (non-hydrogen) atoms. The van der Waals surface area contributed by atoms with Crippen LogP contribution in [0.5, 0.6) is 0 Å². The summed E-state index contributed by atoms with van der Waals surface area (Å²) in [5.41, 5.74) is -1.84. The van der Waals surface area contributed by atoms with Gasteiger partial charge < -0.3 is 19.9 Å². The summed E-state index contributed by atoms with van der Waals surface area (Å²) in [5, 5.41) is 12.5. The maximum Gasteiger partial charge on any atom is 0.338 e. The van der Waals surface area contributed by atoms with Crippen LogP contribution in [0.1, 0.15) is 61.3 Å². The van der Waals surface area contributed by atoms with Gasteiger partial charge in [-0.3, -0.25) is 9.59 Å². The Labute approximate surface area is 183 Å². The molecule has 0 spiro atoms. The second kappa shape index (κ2) is 8.93. The SMILES string of the molecule is C\C=C(/C=C(C)/C=C/CC/C=C(\C)C(=O)[C@]12O[C@H]1C(C)(O)NC2=O)C(=O)OC(C)(C)C. The third-order valence-corrected chi connectivity index (χ3v) is 5.02. The molecule has 0 bridgehead atoms. The van der Waals surface area contributed by atoms with Gasteiger partial charge in [-0.1, -0.05) is 29.9 Å². The van der Waals surface area contributed by atoms with Crippen molar-refractivity contribution in [1.82, 2.24) is 5.32 Å². The Morgan fingerprint density at radius 1 is 1.26 bits per heavy atom. The van der Waals surface area contributed by atoms with Crippen molar-refractivity contribution in [3.05, 3.63) is 47.1 Å². The van der Waals surface area contributed by atoms with E-state index in [1.807, 2.05) is 39.8 Å². The molecule has 0 radical (unpaired) electrons. The fourth-order valence-corrected chi connectivity index (χ4v) is 3.44. The Morgan fingerprint density at radius 3 is 2.39 bits per heavy atom. The Morgan fingerprint density at radius 2 is 1.90 bits per heavy atom. The van der Waals surface area contributed by atoms with E-state index < -0.39 is 34.7 Å². The lowest BCUT2D eigenvalue weighted by Crippen LogP contribution is -2.45. The minimum absolute atomic E-state index is 0.366. The molecule has 2 aliphatic heterocycles. The van der Waals surface area contributed by atoms with Crippen LogP contribution in [0, 0.1) is 0 Å². The fourth-order valence-electron chi connectivity index (χ4n) is 3.44. The number of ether oxygens (including phenoxy) is 2. The zero-order chi connectivity index (χ0) is 23.6. The van der Waals surface area contributed by atoms with Crippen LogP contribution in [-0.2, 0) is 23.9 Å². The zero-order valence-electron chi connectivity index (χ0n) is 19.4. The summed E-state index contributed by atoms with van der Waals surface area (Å²) in [5.74, 6) is -1.37. The molecule has 0 aromatic carbocycles. The summed E-state index contributed by atoms with van der Waals surface area (Å²) in [6.07, 6.45) is 9.52. The molecule has 0 saturated carbocycles. The minimum atomic E-state index is -1.58. The number of aliphatic hydroxyl groups is 1. The van der Waals surface area contributed by atoms with Crippen LogP contribution in [0.15, 0.2) is 47.1 Å². The van der Waals surface area contributed by atoms with E-state index in [1.165, 1.54) is 6.92 Å². The average Bonchev–Trinajstić information content (AvgIpc) is 3.37. The van der Waals surface area contributed by atoms with Gasteiger partial charge in [-0.15, -0.1) is 0 Å². The van der Waals surface area contributed by atoms with Crippen molar-refractivity contribution in [2.24, 2.45) is 0 Å². The Balaban J connectivity index is 1.89. The largest absolute Gasteiger partial charge is 0.456 e. The number of allylic oxidation sites excluding steroid dienone is 5. The molecule has 2 fully saturated rings. The van der Waals surface area contributed by atoms with Gasteiger partial charge in [0, 0.05) is 0 Å². The standard InChI is InChI=1S/C24H33NO6/c1-8-17(19(27)30-22(4,5)6)14-15(2)12-10-9-11-13-16(3)18(26)24-20(31-24)23(7,29)25-21(24)28/h8,10,12-14,20,29H,9,11H2,1-7H3,(H,25,28)/b12-10+,15-14+,16-13+,17-8+/t20-,23?,24-/m0/s1. The van der Waals surface area contributed by atoms with Crippen molar-refractivity contribution < 1.29 is 29.0 Å². The number of amides is 1. The zero-order valence-corrected chi connectivity index (χ0v) is 19.4. The highest BCUT2D eigenvalue weighted by atomic mass is 16.6. The van der Waals surface area contributed by atoms with Crippen LogP contribution < -0.4 is 5.32 Å². The van der Waals surface area contributed by atoms with Gasteiger partial charge in [0.1, 0.15) is 5.60 Å². The molecule has 3 atom stereocenters. The number of carbonyl (C=O) groups excluding carboxylic acids is 3. The van der Waals surface area contributed by atoms with Gasteiger partial charge in [0.25, 0.3) is 5.91 Å². The summed E-state index contributed by atoms with van der Waals surface area (Å²) in [4.78, 5) is 36.9. The number of fused-ring (bicyclic) bond motifs is 1. The molecule has 1 unspecified atom stereocenters. The molecule has 2 rings (SSSR count). The van der Waals surface area contributed by atoms with Crippen LogP contribution in [-0.4, -0.2) is 45.8 Å². The number of carbonyl (C=O) groups is 3. The number of hydrogen-bond acceptors (Lipinski definition) is 6. The van der Waals surface area contributed by atoms with Crippen molar-refractivity contribution >= 4 is 17.7 Å². The van der Waals surface area contributed by atoms with Gasteiger partial charge in [0.15, 0.2) is 11.8 Å². The molecule has 2 N–H and O–H groups in total. The number of nitrogens with one attached hydrogen (secondary N) is 1. The summed E-state index contributed by atoms with van der Waals surface area (Å²) in [6.45, 7) is 12.2. The van der Waals surface area contributed by atoms with Crippen molar-refractivity contribution in [3.63, 3.8) is 0 Å². The van der Waals surface area contributed by atoms with Crippen molar-refractivity contribution in [3.8, 4) is 0 Å². The van der Waals surface area contributed by atoms with Gasteiger partial charge in [-0.2, -0.15) is 0 Å². The van der Waals surface area contributed by atoms with Gasteiger partial charge in [0.2, 0.25) is 11.4 Å². The predicted octanol–water partition coefficient (Wildman–Crippen LogP) is 3.05. The van der Waals surface area contributed by atoms with Gasteiger partial charge in [0.05, 0.1) is 5.57 Å². The summed E-state index contributed by atoms with van der Waals surface area (Å²) < 4.78 is 10.7. The van der Waals surface area contributed by atoms with Crippen LogP contribution in [0.4, 0.5) is 0 Å². The van der Waals surface area contributed by atoms with E-state index in [0.29, 0.717) is 24.0 Å². The van der Waals surface area contributed by atoms with Crippen LogP contribution in [0.2, 0.25) is 0 Å². The van der Waals surface area contributed by atoms with Crippen molar-refractivity contribution in [2.45, 2.75) is 84.3 Å². The lowest BCUT2D eigenvalue weighted by atomic mass is 9.93. The van der Waals surface area contributed by atoms with E-state index in [0.717, 1.165) is 5.57 Å². The molecular weight excluding hydrogens is 398 g/mol. The van der Waals surface area contributed by atoms with Gasteiger partial charge >= 0.3 is 5.97 Å². The van der Waals surface area contributed by atoms with Crippen LogP contribution in [0.3, 0.4) is 0 Å². The van der Waals surface area contributed by atoms with Crippen molar-refractivity contribution in [2.75, 3.05) is 0 Å². The highest BCUT2D eigenvalue weighted by molar-refractivity contribution is 6.21. The highest BCUT2D eigenvalue weighted by Gasteiger charge is 2.79. The first-order valence-electron chi connectivity index (χ1n) is 10.4. The lowest BCUT2D eigenvalue weighted by molar-refractivity contribution is -0.149. The minimum Gasteiger partial charge on any atom is -0.456 e. The number of rotatable bonds is 8. The van der Waals surface area contributed by atoms with E-state index in [9.17, 15) is 19.5 Å². The number of Topliss-reactive ketones (excluding diaryl/α,β-unsaturated/α-hetero) is 1. The predicted molar refractivity (Wildman–Crippen MR) is 117 cm³/mol. The fraction of sp³-hybridized carbons (Fsp3) is 0.542. The number of unbranched alkanes of at least 4 members (excludes halogenated alkanes) is 1. The molecule has 7 nitrogen and oxygen atoms in total. The van der Waals surface area contributed by atoms with Crippen LogP contribution >= 0.6 is 0 Å². The van der Waals surface area contributed by atoms with E-state index >= 15 is 0 Å². The van der Waals surface area contributed by atoms with E-state index in [4.69, 9.17) is 9.47 Å². The highest BCUT2D eigenvalue weighted by Crippen LogP contribution is 2.49. The molecule has 2 saturated heterocycles. The molecular formula is C24H33NO6. The lowest BCUT2D eigenvalue weighted by Gasteiger charge is -2.19. The summed E-state index contributed by atoms with van der Waals surface area (Å²) in [6, 6.07) is 0. The maximum atomic E-state index is 12.7. The Kier molecular flexibility index (Phi) is 7.13. The maximum absolute atomic E-state index is 12.7. The summed E-state index contributed by atoms with van der Waals surface area (Å²) >= 11 is 0. The first-order chi connectivity index (χ1) is 14.2. The third-order valence-electron chi connectivity index (χ3n) is 5.02. The molecule has 2 aliphatic rings. The summed E-state index contributed by atoms with van der Waals surface area (Å²) in [7, 11) is 0. The molecule has 1 amide bonds. The number of ketones is 1. The van der Waals surface area contributed by atoms with Gasteiger partial charge in [-0.25, -0.2) is 4.79 Å². The molecule has 0 aliphatic carbocycles. The number of morpholine rings is 1. The number of hydrogen-bond donors (Lipinski definition) is 2. The Bertz CT molecular complexity index is 884. The van der Waals surface area contributed by atoms with Crippen LogP contribution in [0.25, 0.3) is 0 Å². The van der Waals surface area contributed by atoms with E-state index in [-0.39, 0.29) is 5.97 Å². The monoisotopic (exact) mass is 431 g/mol.